The molecule has 0 saturated carbocycles. The lowest BCUT2D eigenvalue weighted by Gasteiger charge is -2.11. The van der Waals surface area contributed by atoms with Gasteiger partial charge < -0.3 is 4.74 Å². The first-order valence-corrected chi connectivity index (χ1v) is 3.71. The molecule has 0 aliphatic rings. The highest BCUT2D eigenvalue weighted by molar-refractivity contribution is 5.29. The molecule has 0 amide bonds. The summed E-state index contributed by atoms with van der Waals surface area (Å²) in [5.41, 5.74) is 0.444. The van der Waals surface area contributed by atoms with Crippen molar-refractivity contribution in [2.45, 2.75) is 19.7 Å². The van der Waals surface area contributed by atoms with Crippen molar-refractivity contribution in [2.75, 3.05) is 0 Å². The van der Waals surface area contributed by atoms with Gasteiger partial charge in [-0.1, -0.05) is 6.92 Å². The van der Waals surface area contributed by atoms with Crippen molar-refractivity contribution in [3.05, 3.63) is 24.0 Å². The Hall–Kier alpha value is -1.26. The van der Waals surface area contributed by atoms with Crippen molar-refractivity contribution in [2.24, 2.45) is 0 Å². The Morgan fingerprint density at radius 3 is 2.69 bits per heavy atom. The van der Waals surface area contributed by atoms with E-state index in [2.05, 4.69) is 9.72 Å². The van der Waals surface area contributed by atoms with Gasteiger partial charge in [0.2, 0.25) is 0 Å². The number of rotatable bonds is 2. The summed E-state index contributed by atoms with van der Waals surface area (Å²) in [6.07, 6.45) is -1.55. The molecular formula is C8H8F3NO. The second kappa shape index (κ2) is 3.64. The molecular weight excluding hydrogens is 183 g/mol. The molecule has 0 radical (unpaired) electrons. The van der Waals surface area contributed by atoms with E-state index in [0.29, 0.717) is 12.0 Å². The van der Waals surface area contributed by atoms with E-state index in [1.807, 2.05) is 0 Å². The number of ether oxygens (including phenoxy) is 1. The largest absolute Gasteiger partial charge is 0.573 e. The highest BCUT2D eigenvalue weighted by Crippen LogP contribution is 2.25. The van der Waals surface area contributed by atoms with Gasteiger partial charge in [0, 0.05) is 18.0 Å². The monoisotopic (exact) mass is 191 g/mol. The normalized spacial score (nSPS) is 11.4. The molecule has 1 heterocycles. The molecule has 1 aromatic rings. The van der Waals surface area contributed by atoms with Gasteiger partial charge in [-0.25, -0.2) is 0 Å². The average molecular weight is 191 g/mol. The van der Waals surface area contributed by atoms with Crippen LogP contribution in [-0.4, -0.2) is 11.3 Å². The molecule has 0 atom stereocenters. The van der Waals surface area contributed by atoms with Crippen LogP contribution in [0.25, 0.3) is 0 Å². The van der Waals surface area contributed by atoms with E-state index in [4.69, 9.17) is 0 Å². The summed E-state index contributed by atoms with van der Waals surface area (Å²) in [7, 11) is 0. The summed E-state index contributed by atoms with van der Waals surface area (Å²) in [6, 6.07) is 1.20. The molecule has 1 rings (SSSR count). The molecule has 0 bridgehead atoms. The highest BCUT2D eigenvalue weighted by atomic mass is 19.4. The Balaban J connectivity index is 2.87. The van der Waals surface area contributed by atoms with Gasteiger partial charge in [-0.3, -0.25) is 4.98 Å². The molecule has 13 heavy (non-hydrogen) atoms. The third kappa shape index (κ3) is 2.93. The minimum Gasteiger partial charge on any atom is -0.405 e. The third-order valence-corrected chi connectivity index (χ3v) is 1.47. The Morgan fingerprint density at radius 1 is 1.46 bits per heavy atom. The maximum absolute atomic E-state index is 11.8. The van der Waals surface area contributed by atoms with Crippen molar-refractivity contribution < 1.29 is 17.9 Å². The predicted molar refractivity (Wildman–Crippen MR) is 40.3 cm³/mol. The summed E-state index contributed by atoms with van der Waals surface area (Å²) < 4.78 is 39.2. The van der Waals surface area contributed by atoms with E-state index in [1.165, 1.54) is 18.5 Å². The summed E-state index contributed by atoms with van der Waals surface area (Å²) in [5.74, 6) is -0.176. The average Bonchev–Trinajstić information content (AvgIpc) is 2.02. The molecule has 0 spiro atoms. The van der Waals surface area contributed by atoms with Gasteiger partial charge in [-0.15, -0.1) is 13.2 Å². The molecule has 72 valence electrons. The van der Waals surface area contributed by atoms with Crippen molar-refractivity contribution in [1.29, 1.82) is 0 Å². The minimum absolute atomic E-state index is 0.176. The van der Waals surface area contributed by atoms with Crippen molar-refractivity contribution in [1.82, 2.24) is 4.98 Å². The number of nitrogens with zero attached hydrogens (tertiary/aromatic N) is 1. The summed E-state index contributed by atoms with van der Waals surface area (Å²) in [5, 5.41) is 0. The standard InChI is InChI=1S/C8H8F3NO/c1-2-6-5-12-4-3-7(6)13-8(9,10)11/h3-5H,2H2,1H3. The molecule has 0 unspecified atom stereocenters. The van der Waals surface area contributed by atoms with E-state index in [0.717, 1.165) is 0 Å². The Kier molecular flexibility index (Phi) is 2.75. The van der Waals surface area contributed by atoms with Crippen molar-refractivity contribution in [3.8, 4) is 5.75 Å². The Labute approximate surface area is 73.4 Å². The van der Waals surface area contributed by atoms with Crippen LogP contribution in [0.15, 0.2) is 18.5 Å². The van der Waals surface area contributed by atoms with Gasteiger partial charge in [-0.2, -0.15) is 0 Å². The van der Waals surface area contributed by atoms with Crippen LogP contribution < -0.4 is 4.74 Å². The van der Waals surface area contributed by atoms with Gasteiger partial charge in [0.1, 0.15) is 5.75 Å². The first kappa shape index (κ1) is 9.83. The van der Waals surface area contributed by atoms with Crippen molar-refractivity contribution in [3.63, 3.8) is 0 Å². The van der Waals surface area contributed by atoms with Gasteiger partial charge in [-0.05, 0) is 12.5 Å². The van der Waals surface area contributed by atoms with Gasteiger partial charge >= 0.3 is 6.36 Å². The van der Waals surface area contributed by atoms with E-state index in [9.17, 15) is 13.2 Å². The fraction of sp³-hybridized carbons (Fsp3) is 0.375. The molecule has 5 heteroatoms. The van der Waals surface area contributed by atoms with Gasteiger partial charge in [0.05, 0.1) is 0 Å². The van der Waals surface area contributed by atoms with Gasteiger partial charge in [0.15, 0.2) is 0 Å². The minimum atomic E-state index is -4.63. The molecule has 2 nitrogen and oxygen atoms in total. The van der Waals surface area contributed by atoms with Crippen LogP contribution in [-0.2, 0) is 6.42 Å². The zero-order chi connectivity index (χ0) is 9.90. The lowest BCUT2D eigenvalue weighted by Crippen LogP contribution is -2.18. The topological polar surface area (TPSA) is 22.1 Å². The Bertz CT molecular complexity index is 285. The van der Waals surface area contributed by atoms with Crippen LogP contribution in [0.1, 0.15) is 12.5 Å². The molecule has 0 N–H and O–H groups in total. The summed E-state index contributed by atoms with van der Waals surface area (Å²) in [6.45, 7) is 1.74. The quantitative estimate of drug-likeness (QED) is 0.716. The lowest BCUT2D eigenvalue weighted by molar-refractivity contribution is -0.274. The predicted octanol–water partition coefficient (Wildman–Crippen LogP) is 2.54. The van der Waals surface area contributed by atoms with Crippen LogP contribution in [0.5, 0.6) is 5.75 Å². The maximum atomic E-state index is 11.8. The molecule has 0 aromatic carbocycles. The van der Waals surface area contributed by atoms with Crippen LogP contribution in [0.3, 0.4) is 0 Å². The number of hydrogen-bond acceptors (Lipinski definition) is 2. The van der Waals surface area contributed by atoms with E-state index < -0.39 is 6.36 Å². The molecule has 0 fully saturated rings. The van der Waals surface area contributed by atoms with Crippen LogP contribution in [0, 0.1) is 0 Å². The first-order chi connectivity index (χ1) is 6.03. The number of aromatic nitrogens is 1. The number of pyridine rings is 1. The van der Waals surface area contributed by atoms with Crippen molar-refractivity contribution >= 4 is 0 Å². The molecule has 0 aliphatic heterocycles. The third-order valence-electron chi connectivity index (χ3n) is 1.47. The summed E-state index contributed by atoms with van der Waals surface area (Å²) >= 11 is 0. The second-order valence-corrected chi connectivity index (χ2v) is 2.38. The zero-order valence-electron chi connectivity index (χ0n) is 6.93. The van der Waals surface area contributed by atoms with Crippen LogP contribution >= 0.6 is 0 Å². The fourth-order valence-corrected chi connectivity index (χ4v) is 0.904. The van der Waals surface area contributed by atoms with E-state index >= 15 is 0 Å². The number of alkyl halides is 3. The van der Waals surface area contributed by atoms with Crippen LogP contribution in [0.2, 0.25) is 0 Å². The number of halogens is 3. The molecule has 0 saturated heterocycles. The smallest absolute Gasteiger partial charge is 0.405 e. The number of aryl methyl sites for hydroxylation is 1. The van der Waals surface area contributed by atoms with Crippen LogP contribution in [0.4, 0.5) is 13.2 Å². The molecule has 1 aromatic heterocycles. The van der Waals surface area contributed by atoms with E-state index in [1.54, 1.807) is 6.92 Å². The number of hydrogen-bond donors (Lipinski definition) is 0. The highest BCUT2D eigenvalue weighted by Gasteiger charge is 2.31. The molecule has 0 aliphatic carbocycles. The summed E-state index contributed by atoms with van der Waals surface area (Å²) in [4.78, 5) is 3.70. The first-order valence-electron chi connectivity index (χ1n) is 3.71. The van der Waals surface area contributed by atoms with E-state index in [-0.39, 0.29) is 5.75 Å². The second-order valence-electron chi connectivity index (χ2n) is 2.38. The SMILES string of the molecule is CCc1cnccc1OC(F)(F)F. The lowest BCUT2D eigenvalue weighted by atomic mass is 10.2. The Morgan fingerprint density at radius 2 is 2.15 bits per heavy atom. The maximum Gasteiger partial charge on any atom is 0.573 e. The fourth-order valence-electron chi connectivity index (χ4n) is 0.904. The van der Waals surface area contributed by atoms with Gasteiger partial charge in [0.25, 0.3) is 0 Å². The zero-order valence-corrected chi connectivity index (χ0v) is 6.93.